The van der Waals surface area contributed by atoms with Crippen molar-refractivity contribution >= 4 is 29.7 Å². The number of nitrogens with zero attached hydrogens (tertiary/aromatic N) is 2. The molecule has 0 saturated carbocycles. The summed E-state index contributed by atoms with van der Waals surface area (Å²) in [7, 11) is 0. The van der Waals surface area contributed by atoms with Crippen molar-refractivity contribution < 1.29 is 33.3 Å². The summed E-state index contributed by atoms with van der Waals surface area (Å²) < 4.78 is 22.3. The molecule has 32 heavy (non-hydrogen) atoms. The van der Waals surface area contributed by atoms with Crippen LogP contribution in [-0.2, 0) is 28.6 Å². The molecule has 0 bridgehead atoms. The number of hydrogen-bond acceptors (Lipinski definition) is 10. The molecule has 3 rings (SSSR count). The van der Waals surface area contributed by atoms with Gasteiger partial charge in [0.25, 0.3) is 0 Å². The second-order valence-corrected chi connectivity index (χ2v) is 8.35. The number of esters is 3. The van der Waals surface area contributed by atoms with Gasteiger partial charge in [-0.3, -0.25) is 24.4 Å². The Morgan fingerprint density at radius 2 is 1.62 bits per heavy atom. The van der Waals surface area contributed by atoms with Crippen LogP contribution in [0.15, 0.2) is 36.9 Å². The first-order valence-corrected chi connectivity index (χ1v) is 11.0. The Morgan fingerprint density at radius 3 is 2.28 bits per heavy atom. The third-order valence-electron chi connectivity index (χ3n) is 4.60. The molecule has 0 amide bonds. The van der Waals surface area contributed by atoms with Gasteiger partial charge in [0.2, 0.25) is 0 Å². The molecule has 1 aliphatic heterocycles. The quantitative estimate of drug-likeness (QED) is 0.471. The zero-order valence-corrected chi connectivity index (χ0v) is 19.0. The summed E-state index contributed by atoms with van der Waals surface area (Å²) in [6, 6.07) is 3.70. The third kappa shape index (κ3) is 5.97. The van der Waals surface area contributed by atoms with Crippen LogP contribution in [0.1, 0.15) is 26.3 Å². The summed E-state index contributed by atoms with van der Waals surface area (Å²) in [6.45, 7) is 5.69. The van der Waals surface area contributed by atoms with Crippen LogP contribution in [0.4, 0.5) is 0 Å². The van der Waals surface area contributed by atoms with Crippen molar-refractivity contribution in [1.29, 1.82) is 0 Å². The summed E-state index contributed by atoms with van der Waals surface area (Å²) in [5.41, 5.74) is 2.06. The number of rotatable bonds is 6. The molecule has 2 aromatic rings. The molecule has 0 N–H and O–H groups in total. The van der Waals surface area contributed by atoms with E-state index < -0.39 is 41.7 Å². The van der Waals surface area contributed by atoms with Gasteiger partial charge in [0, 0.05) is 50.7 Å². The van der Waals surface area contributed by atoms with E-state index in [4.69, 9.17) is 18.9 Å². The van der Waals surface area contributed by atoms with E-state index >= 15 is 0 Å². The Kier molecular flexibility index (Phi) is 7.68. The number of hydrogen-bond donors (Lipinski definition) is 0. The third-order valence-corrected chi connectivity index (χ3v) is 5.82. The highest BCUT2D eigenvalue weighted by Crippen LogP contribution is 2.35. The minimum absolute atomic E-state index is 0.288. The van der Waals surface area contributed by atoms with E-state index in [0.717, 1.165) is 16.7 Å². The average molecular weight is 461 g/mol. The van der Waals surface area contributed by atoms with Gasteiger partial charge in [-0.2, -0.15) is 0 Å². The van der Waals surface area contributed by atoms with Crippen molar-refractivity contribution in [3.63, 3.8) is 0 Å². The van der Waals surface area contributed by atoms with E-state index in [2.05, 4.69) is 9.97 Å². The highest BCUT2D eigenvalue weighted by molar-refractivity contribution is 7.99. The maximum Gasteiger partial charge on any atom is 0.303 e. The topological polar surface area (TPSA) is 114 Å². The van der Waals surface area contributed by atoms with Crippen molar-refractivity contribution in [2.75, 3.05) is 5.75 Å². The fraction of sp³-hybridized carbons (Fsp3) is 0.409. The predicted molar refractivity (Wildman–Crippen MR) is 116 cm³/mol. The molecule has 1 saturated heterocycles. The molecule has 1 fully saturated rings. The molecule has 0 spiro atoms. The van der Waals surface area contributed by atoms with Gasteiger partial charge in [-0.25, -0.2) is 0 Å². The Bertz CT molecular complexity index is 1000. The van der Waals surface area contributed by atoms with Gasteiger partial charge in [0.15, 0.2) is 23.7 Å². The zero-order valence-electron chi connectivity index (χ0n) is 18.1. The lowest BCUT2D eigenvalue weighted by atomic mass is 10.0. The van der Waals surface area contributed by atoms with Gasteiger partial charge in [0.05, 0.1) is 6.20 Å². The summed E-state index contributed by atoms with van der Waals surface area (Å²) in [5.74, 6) is -0.966. The van der Waals surface area contributed by atoms with Gasteiger partial charge < -0.3 is 18.9 Å². The molecule has 9 nitrogen and oxygen atoms in total. The molecule has 4 atom stereocenters. The van der Waals surface area contributed by atoms with Gasteiger partial charge in [-0.05, 0) is 30.2 Å². The number of aromatic nitrogens is 2. The first-order chi connectivity index (χ1) is 15.2. The fourth-order valence-electron chi connectivity index (χ4n) is 3.37. The number of aryl methyl sites for hydroxylation is 1. The number of thioether (sulfide) groups is 1. The van der Waals surface area contributed by atoms with Crippen molar-refractivity contribution in [2.24, 2.45) is 0 Å². The van der Waals surface area contributed by atoms with Gasteiger partial charge in [-0.15, -0.1) is 11.8 Å². The summed E-state index contributed by atoms with van der Waals surface area (Å²) in [4.78, 5) is 43.4. The minimum atomic E-state index is -1.01. The number of pyridine rings is 2. The predicted octanol–water partition coefficient (Wildman–Crippen LogP) is 2.70. The van der Waals surface area contributed by atoms with E-state index in [0.29, 0.717) is 5.75 Å². The monoisotopic (exact) mass is 460 g/mol. The van der Waals surface area contributed by atoms with Crippen LogP contribution >= 0.6 is 11.8 Å². The summed E-state index contributed by atoms with van der Waals surface area (Å²) >= 11 is 1.29. The standard InChI is InChI=1S/C22H24N2O7S/c1-12-8-23-6-5-18(12)16-7-17(10-24-9-16)31-22-21(30-15(4)27)20(29-14(3)26)19(11-32-22)28-13(2)25/h5-10,19-22H,11H2,1-4H3/t19-,20+,21-,22+/m1/s1. The first kappa shape index (κ1) is 23.5. The highest BCUT2D eigenvalue weighted by atomic mass is 32.2. The fourth-order valence-corrected chi connectivity index (χ4v) is 4.59. The van der Waals surface area contributed by atoms with E-state index in [1.54, 1.807) is 24.8 Å². The van der Waals surface area contributed by atoms with E-state index in [1.165, 1.54) is 32.5 Å². The number of ether oxygens (including phenoxy) is 4. The van der Waals surface area contributed by atoms with Crippen LogP contribution in [0.2, 0.25) is 0 Å². The smallest absolute Gasteiger partial charge is 0.303 e. The molecule has 2 aromatic heterocycles. The molecule has 0 aromatic carbocycles. The van der Waals surface area contributed by atoms with Gasteiger partial charge >= 0.3 is 17.9 Å². The van der Waals surface area contributed by atoms with E-state index in [-0.39, 0.29) is 5.75 Å². The number of carbonyl (C=O) groups is 3. The lowest BCUT2D eigenvalue weighted by molar-refractivity contribution is -0.186. The van der Waals surface area contributed by atoms with Crippen molar-refractivity contribution in [2.45, 2.75) is 51.4 Å². The molecular formula is C22H24N2O7S. The highest BCUT2D eigenvalue weighted by Gasteiger charge is 2.47. The molecule has 0 radical (unpaired) electrons. The Morgan fingerprint density at radius 1 is 0.938 bits per heavy atom. The van der Waals surface area contributed by atoms with E-state index in [1.807, 2.05) is 19.1 Å². The van der Waals surface area contributed by atoms with Crippen LogP contribution in [0, 0.1) is 6.92 Å². The molecule has 170 valence electrons. The molecule has 0 aliphatic carbocycles. The molecule has 3 heterocycles. The maximum absolute atomic E-state index is 11.8. The first-order valence-electron chi connectivity index (χ1n) is 9.90. The molecule has 0 unspecified atom stereocenters. The minimum Gasteiger partial charge on any atom is -0.474 e. The zero-order chi connectivity index (χ0) is 23.3. The largest absolute Gasteiger partial charge is 0.474 e. The lowest BCUT2D eigenvalue weighted by Gasteiger charge is -2.39. The normalized spacial score (nSPS) is 22.5. The Balaban J connectivity index is 1.88. The van der Waals surface area contributed by atoms with Crippen LogP contribution in [0.5, 0.6) is 5.75 Å². The second kappa shape index (κ2) is 10.4. The Hall–Kier alpha value is -3.14. The second-order valence-electron chi connectivity index (χ2n) is 7.22. The molecular weight excluding hydrogens is 436 g/mol. The van der Waals surface area contributed by atoms with Gasteiger partial charge in [0.1, 0.15) is 5.75 Å². The van der Waals surface area contributed by atoms with Crippen LogP contribution < -0.4 is 4.74 Å². The molecule has 1 aliphatic rings. The SMILES string of the molecule is CC(=O)O[C@@H]1[C@@H](OC(C)=O)[C@@H](Oc2cncc(-c3ccncc3C)c2)SC[C@H]1OC(C)=O. The van der Waals surface area contributed by atoms with Crippen LogP contribution in [-0.4, -0.2) is 57.4 Å². The summed E-state index contributed by atoms with van der Waals surface area (Å²) in [6.07, 6.45) is 3.93. The summed E-state index contributed by atoms with van der Waals surface area (Å²) in [5, 5.41) is 0. The van der Waals surface area contributed by atoms with Crippen molar-refractivity contribution in [3.05, 3.63) is 42.5 Å². The van der Waals surface area contributed by atoms with Crippen molar-refractivity contribution in [3.8, 4) is 16.9 Å². The lowest BCUT2D eigenvalue weighted by Crippen LogP contribution is -2.55. The van der Waals surface area contributed by atoms with Crippen LogP contribution in [0.25, 0.3) is 11.1 Å². The Labute approximate surface area is 189 Å². The average Bonchev–Trinajstić information content (AvgIpc) is 2.72. The molecule has 10 heteroatoms. The van der Waals surface area contributed by atoms with Gasteiger partial charge in [-0.1, -0.05) is 0 Å². The maximum atomic E-state index is 11.8. The van der Waals surface area contributed by atoms with Crippen LogP contribution in [0.3, 0.4) is 0 Å². The van der Waals surface area contributed by atoms with E-state index in [9.17, 15) is 14.4 Å². The number of carbonyl (C=O) groups excluding carboxylic acids is 3. The van der Waals surface area contributed by atoms with Crippen molar-refractivity contribution in [1.82, 2.24) is 9.97 Å².